The van der Waals surface area contributed by atoms with Crippen LogP contribution in [0.1, 0.15) is 59.3 Å². The van der Waals surface area contributed by atoms with Crippen LogP contribution in [0.5, 0.6) is 0 Å². The zero-order chi connectivity index (χ0) is 11.8. The standard InChI is InChI=1S/C14H29NO/c1-4-10-15-14(12(3)16-5-2)11-13-8-6-7-9-13/h12-15H,4-11H2,1-3H3. The van der Waals surface area contributed by atoms with Gasteiger partial charge in [-0.3, -0.25) is 0 Å². The molecule has 0 spiro atoms. The zero-order valence-electron chi connectivity index (χ0n) is 11.3. The first-order chi connectivity index (χ1) is 7.77. The van der Waals surface area contributed by atoms with E-state index < -0.39 is 0 Å². The van der Waals surface area contributed by atoms with Crippen LogP contribution >= 0.6 is 0 Å². The lowest BCUT2D eigenvalue weighted by Gasteiger charge is -2.27. The molecule has 0 saturated heterocycles. The lowest BCUT2D eigenvalue weighted by molar-refractivity contribution is 0.0407. The van der Waals surface area contributed by atoms with E-state index in [2.05, 4.69) is 26.1 Å². The van der Waals surface area contributed by atoms with E-state index >= 15 is 0 Å². The summed E-state index contributed by atoms with van der Waals surface area (Å²) in [5.74, 6) is 0.942. The molecule has 0 bridgehead atoms. The summed E-state index contributed by atoms with van der Waals surface area (Å²) in [6.45, 7) is 8.48. The van der Waals surface area contributed by atoms with Crippen LogP contribution in [0.15, 0.2) is 0 Å². The summed E-state index contributed by atoms with van der Waals surface area (Å²) in [5, 5.41) is 3.66. The predicted molar refractivity (Wildman–Crippen MR) is 69.7 cm³/mol. The molecular formula is C14H29NO. The van der Waals surface area contributed by atoms with Crippen molar-refractivity contribution in [3.05, 3.63) is 0 Å². The second-order valence-corrected chi connectivity index (χ2v) is 5.11. The third kappa shape index (κ3) is 4.84. The van der Waals surface area contributed by atoms with Gasteiger partial charge in [0.05, 0.1) is 6.10 Å². The highest BCUT2D eigenvalue weighted by Crippen LogP contribution is 2.29. The highest BCUT2D eigenvalue weighted by Gasteiger charge is 2.23. The van der Waals surface area contributed by atoms with Gasteiger partial charge in [-0.05, 0) is 39.2 Å². The molecule has 2 unspecified atom stereocenters. The van der Waals surface area contributed by atoms with Crippen molar-refractivity contribution in [3.63, 3.8) is 0 Å². The van der Waals surface area contributed by atoms with E-state index in [1.54, 1.807) is 0 Å². The first-order valence-electron chi connectivity index (χ1n) is 7.12. The number of rotatable bonds is 8. The van der Waals surface area contributed by atoms with Crippen molar-refractivity contribution in [1.29, 1.82) is 0 Å². The van der Waals surface area contributed by atoms with Crippen LogP contribution in [0.3, 0.4) is 0 Å². The Morgan fingerprint density at radius 3 is 2.50 bits per heavy atom. The Morgan fingerprint density at radius 2 is 1.94 bits per heavy atom. The van der Waals surface area contributed by atoms with E-state index in [9.17, 15) is 0 Å². The van der Waals surface area contributed by atoms with Gasteiger partial charge in [-0.1, -0.05) is 32.6 Å². The van der Waals surface area contributed by atoms with E-state index in [4.69, 9.17) is 4.74 Å². The van der Waals surface area contributed by atoms with Crippen molar-refractivity contribution in [2.24, 2.45) is 5.92 Å². The Labute approximate surface area is 101 Å². The molecule has 0 aromatic heterocycles. The highest BCUT2D eigenvalue weighted by molar-refractivity contribution is 4.79. The van der Waals surface area contributed by atoms with Gasteiger partial charge in [0.15, 0.2) is 0 Å². The van der Waals surface area contributed by atoms with Gasteiger partial charge in [0.2, 0.25) is 0 Å². The van der Waals surface area contributed by atoms with Crippen molar-refractivity contribution < 1.29 is 4.74 Å². The van der Waals surface area contributed by atoms with Crippen LogP contribution in [0.2, 0.25) is 0 Å². The molecule has 0 aromatic rings. The van der Waals surface area contributed by atoms with E-state index in [-0.39, 0.29) is 0 Å². The number of ether oxygens (including phenoxy) is 1. The fraction of sp³-hybridized carbons (Fsp3) is 1.00. The molecule has 1 N–H and O–H groups in total. The van der Waals surface area contributed by atoms with Crippen molar-refractivity contribution >= 4 is 0 Å². The Bertz CT molecular complexity index is 166. The van der Waals surface area contributed by atoms with Gasteiger partial charge in [-0.15, -0.1) is 0 Å². The largest absolute Gasteiger partial charge is 0.377 e. The van der Waals surface area contributed by atoms with E-state index in [1.165, 1.54) is 38.5 Å². The fourth-order valence-electron chi connectivity index (χ4n) is 2.75. The molecular weight excluding hydrogens is 198 g/mol. The molecule has 0 radical (unpaired) electrons. The predicted octanol–water partition coefficient (Wildman–Crippen LogP) is 3.36. The van der Waals surface area contributed by atoms with Crippen molar-refractivity contribution in [3.8, 4) is 0 Å². The van der Waals surface area contributed by atoms with E-state index in [0.717, 1.165) is 19.1 Å². The van der Waals surface area contributed by atoms with Gasteiger partial charge in [-0.25, -0.2) is 0 Å². The van der Waals surface area contributed by atoms with E-state index in [1.807, 2.05) is 0 Å². The maximum atomic E-state index is 5.75. The molecule has 0 aliphatic heterocycles. The minimum Gasteiger partial charge on any atom is -0.377 e. The third-order valence-electron chi connectivity index (χ3n) is 3.71. The first-order valence-corrected chi connectivity index (χ1v) is 7.12. The monoisotopic (exact) mass is 227 g/mol. The van der Waals surface area contributed by atoms with Crippen molar-refractivity contribution in [2.75, 3.05) is 13.2 Å². The summed E-state index contributed by atoms with van der Waals surface area (Å²) < 4.78 is 5.75. The second kappa shape index (κ2) is 8.08. The minimum absolute atomic E-state index is 0.358. The van der Waals surface area contributed by atoms with Crippen LogP contribution < -0.4 is 5.32 Å². The fourth-order valence-corrected chi connectivity index (χ4v) is 2.75. The Kier molecular flexibility index (Phi) is 7.06. The molecule has 2 heteroatoms. The van der Waals surface area contributed by atoms with E-state index in [0.29, 0.717) is 12.1 Å². The molecule has 16 heavy (non-hydrogen) atoms. The van der Waals surface area contributed by atoms with Gasteiger partial charge in [0.1, 0.15) is 0 Å². The van der Waals surface area contributed by atoms with Crippen LogP contribution in [0.4, 0.5) is 0 Å². The topological polar surface area (TPSA) is 21.3 Å². The lowest BCUT2D eigenvalue weighted by Crippen LogP contribution is -2.41. The molecule has 0 aromatic carbocycles. The summed E-state index contributed by atoms with van der Waals surface area (Å²) in [5.41, 5.74) is 0. The number of hydrogen-bond acceptors (Lipinski definition) is 2. The summed E-state index contributed by atoms with van der Waals surface area (Å²) in [6, 6.07) is 0.558. The average molecular weight is 227 g/mol. The van der Waals surface area contributed by atoms with Gasteiger partial charge < -0.3 is 10.1 Å². The van der Waals surface area contributed by atoms with Crippen molar-refractivity contribution in [1.82, 2.24) is 5.32 Å². The molecule has 0 amide bonds. The summed E-state index contributed by atoms with van der Waals surface area (Å²) in [6.07, 6.45) is 8.62. The molecule has 1 aliphatic rings. The van der Waals surface area contributed by atoms with Crippen LogP contribution in [0.25, 0.3) is 0 Å². The Balaban J connectivity index is 2.34. The Hall–Kier alpha value is -0.0800. The molecule has 1 saturated carbocycles. The third-order valence-corrected chi connectivity index (χ3v) is 3.71. The first kappa shape index (κ1) is 14.0. The average Bonchev–Trinajstić information content (AvgIpc) is 2.77. The lowest BCUT2D eigenvalue weighted by atomic mass is 9.95. The maximum absolute atomic E-state index is 5.75. The van der Waals surface area contributed by atoms with Gasteiger partial charge in [-0.2, -0.15) is 0 Å². The van der Waals surface area contributed by atoms with Gasteiger partial charge in [0, 0.05) is 12.6 Å². The SMILES string of the molecule is CCCNC(CC1CCCC1)C(C)OCC. The van der Waals surface area contributed by atoms with Crippen LogP contribution in [0, 0.1) is 5.92 Å². The van der Waals surface area contributed by atoms with Gasteiger partial charge in [0.25, 0.3) is 0 Å². The second-order valence-electron chi connectivity index (χ2n) is 5.11. The summed E-state index contributed by atoms with van der Waals surface area (Å²) in [4.78, 5) is 0. The number of nitrogens with one attached hydrogen (secondary N) is 1. The van der Waals surface area contributed by atoms with Gasteiger partial charge >= 0.3 is 0 Å². The maximum Gasteiger partial charge on any atom is 0.0699 e. The molecule has 2 atom stereocenters. The minimum atomic E-state index is 0.358. The smallest absolute Gasteiger partial charge is 0.0699 e. The Morgan fingerprint density at radius 1 is 1.25 bits per heavy atom. The van der Waals surface area contributed by atoms with Crippen LogP contribution in [-0.4, -0.2) is 25.3 Å². The molecule has 1 aliphatic carbocycles. The number of hydrogen-bond donors (Lipinski definition) is 1. The quantitative estimate of drug-likeness (QED) is 0.686. The highest BCUT2D eigenvalue weighted by atomic mass is 16.5. The molecule has 1 fully saturated rings. The molecule has 0 heterocycles. The van der Waals surface area contributed by atoms with Crippen molar-refractivity contribution in [2.45, 2.75) is 71.4 Å². The summed E-state index contributed by atoms with van der Waals surface area (Å²) >= 11 is 0. The zero-order valence-corrected chi connectivity index (χ0v) is 11.3. The molecule has 1 rings (SSSR count). The van der Waals surface area contributed by atoms with Crippen LogP contribution in [-0.2, 0) is 4.74 Å². The molecule has 96 valence electrons. The normalized spacial score (nSPS) is 21.2. The summed E-state index contributed by atoms with van der Waals surface area (Å²) in [7, 11) is 0. The molecule has 2 nitrogen and oxygen atoms in total.